The highest BCUT2D eigenvalue weighted by molar-refractivity contribution is 7.99. The highest BCUT2D eigenvalue weighted by Gasteiger charge is 2.34. The van der Waals surface area contributed by atoms with E-state index in [1.807, 2.05) is 0 Å². The highest BCUT2D eigenvalue weighted by atomic mass is 32.2. The molecule has 4 rings (SSSR count). The van der Waals surface area contributed by atoms with Gasteiger partial charge in [-0.2, -0.15) is 8.42 Å². The van der Waals surface area contributed by atoms with Gasteiger partial charge in [0, 0.05) is 4.90 Å². The van der Waals surface area contributed by atoms with Crippen molar-refractivity contribution in [3.05, 3.63) is 52.1 Å². The zero-order valence-electron chi connectivity index (χ0n) is 22.7. The van der Waals surface area contributed by atoms with Crippen molar-refractivity contribution in [1.82, 2.24) is 0 Å². The third kappa shape index (κ3) is 6.51. The number of hydrogen-bond acceptors (Lipinski definition) is 3. The summed E-state index contributed by atoms with van der Waals surface area (Å²) in [5.74, 6) is -7.17. The van der Waals surface area contributed by atoms with Gasteiger partial charge in [0.15, 0.2) is 28.2 Å². The van der Waals surface area contributed by atoms with Gasteiger partial charge >= 0.3 is 10.1 Å². The molecule has 0 saturated heterocycles. The Morgan fingerprint density at radius 1 is 0.821 bits per heavy atom. The van der Waals surface area contributed by atoms with Crippen LogP contribution in [0.25, 0.3) is 0 Å². The molecule has 2 aromatic rings. The topological polar surface area (TPSA) is 54.4 Å². The first-order chi connectivity index (χ1) is 18.6. The minimum Gasteiger partial charge on any atom is -0.282 e. The Bertz CT molecular complexity index is 1230. The van der Waals surface area contributed by atoms with E-state index < -0.39 is 43.2 Å². The molecule has 0 heterocycles. The third-order valence-electron chi connectivity index (χ3n) is 8.50. The van der Waals surface area contributed by atoms with Gasteiger partial charge in [0.25, 0.3) is 0 Å². The summed E-state index contributed by atoms with van der Waals surface area (Å²) in [6, 6.07) is 4.33. The molecule has 0 bridgehead atoms. The zero-order chi connectivity index (χ0) is 28.3. The smallest absolute Gasteiger partial charge is 0.282 e. The van der Waals surface area contributed by atoms with E-state index in [0.717, 1.165) is 88.2 Å². The maximum absolute atomic E-state index is 15.2. The van der Waals surface area contributed by atoms with Crippen molar-refractivity contribution in [2.75, 3.05) is 0 Å². The van der Waals surface area contributed by atoms with Crippen LogP contribution in [0.2, 0.25) is 0 Å². The van der Waals surface area contributed by atoms with Crippen molar-refractivity contribution in [2.24, 2.45) is 0 Å². The van der Waals surface area contributed by atoms with Gasteiger partial charge in [0.2, 0.25) is 0 Å². The summed E-state index contributed by atoms with van der Waals surface area (Å²) < 4.78 is 92.2. The molecular weight excluding hydrogens is 548 g/mol. The number of benzene rings is 2. The first-order valence-corrected chi connectivity index (χ1v) is 16.5. The fourth-order valence-electron chi connectivity index (χ4n) is 6.45. The van der Waals surface area contributed by atoms with E-state index in [1.165, 1.54) is 12.0 Å². The lowest BCUT2D eigenvalue weighted by atomic mass is 9.77. The zero-order valence-corrected chi connectivity index (χ0v) is 24.3. The molecule has 2 saturated carbocycles. The molecular formula is C30H38F4O3S2. The summed E-state index contributed by atoms with van der Waals surface area (Å²) >= 11 is 0.654. The maximum atomic E-state index is 15.2. The fourth-order valence-corrected chi connectivity index (χ4v) is 8.33. The molecule has 2 aliphatic rings. The second-order valence-corrected chi connectivity index (χ2v) is 13.5. The Morgan fingerprint density at radius 2 is 1.36 bits per heavy atom. The van der Waals surface area contributed by atoms with Crippen LogP contribution in [0.4, 0.5) is 17.6 Å². The fraction of sp³-hybridized carbons (Fsp3) is 0.600. The van der Waals surface area contributed by atoms with E-state index in [0.29, 0.717) is 22.6 Å². The molecule has 9 heteroatoms. The molecule has 2 aliphatic carbocycles. The van der Waals surface area contributed by atoms with Crippen LogP contribution in [-0.2, 0) is 10.1 Å². The highest BCUT2D eigenvalue weighted by Crippen LogP contribution is 2.49. The molecule has 1 atom stereocenters. The second kappa shape index (κ2) is 12.9. The minimum absolute atomic E-state index is 0.0984. The lowest BCUT2D eigenvalue weighted by molar-refractivity contribution is 0.384. The number of hydrogen-bond donors (Lipinski definition) is 1. The van der Waals surface area contributed by atoms with Gasteiger partial charge < -0.3 is 0 Å². The Morgan fingerprint density at radius 3 is 1.85 bits per heavy atom. The monoisotopic (exact) mass is 586 g/mol. The van der Waals surface area contributed by atoms with Crippen molar-refractivity contribution < 1.29 is 30.5 Å². The summed E-state index contributed by atoms with van der Waals surface area (Å²) in [6.07, 6.45) is 13.4. The van der Waals surface area contributed by atoms with Crippen LogP contribution >= 0.6 is 11.8 Å². The van der Waals surface area contributed by atoms with Gasteiger partial charge in [-0.25, -0.2) is 17.6 Å². The first-order valence-electron chi connectivity index (χ1n) is 14.3. The van der Waals surface area contributed by atoms with Crippen molar-refractivity contribution >= 4 is 21.9 Å². The van der Waals surface area contributed by atoms with Gasteiger partial charge in [-0.15, -0.1) is 0 Å². The molecule has 3 nitrogen and oxygen atoms in total. The normalized spacial score (nSPS) is 18.4. The Kier molecular flexibility index (Phi) is 10.1. The van der Waals surface area contributed by atoms with Crippen LogP contribution in [0.5, 0.6) is 0 Å². The number of rotatable bonds is 9. The van der Waals surface area contributed by atoms with Crippen molar-refractivity contribution in [1.29, 1.82) is 0 Å². The van der Waals surface area contributed by atoms with Crippen LogP contribution in [0.1, 0.15) is 132 Å². The van der Waals surface area contributed by atoms with Gasteiger partial charge in [0.1, 0.15) is 0 Å². The van der Waals surface area contributed by atoms with E-state index in [2.05, 4.69) is 26.0 Å². The van der Waals surface area contributed by atoms with E-state index >= 15 is 8.78 Å². The third-order valence-corrected chi connectivity index (χ3v) is 10.6. The molecule has 2 aromatic carbocycles. The Balaban J connectivity index is 1.95. The van der Waals surface area contributed by atoms with Gasteiger partial charge in [0.05, 0.1) is 4.90 Å². The largest absolute Gasteiger partial charge is 0.300 e. The predicted molar refractivity (Wildman–Crippen MR) is 146 cm³/mol. The lowest BCUT2D eigenvalue weighted by Crippen LogP contribution is -2.14. The predicted octanol–water partition coefficient (Wildman–Crippen LogP) is 10.0. The van der Waals surface area contributed by atoms with Gasteiger partial charge in [-0.1, -0.05) is 82.7 Å². The molecule has 0 radical (unpaired) electrons. The molecule has 0 amide bonds. The van der Waals surface area contributed by atoms with Crippen LogP contribution in [0, 0.1) is 23.3 Å². The molecule has 1 unspecified atom stereocenters. The first kappa shape index (κ1) is 30.4. The van der Waals surface area contributed by atoms with E-state index in [1.54, 1.807) is 0 Å². The molecule has 1 N–H and O–H groups in total. The number of halogens is 4. The SMILES string of the molecule is CCCC(CC)c1cc(C2CCCCC2)cc(C2CCCCC2)c1Sc1c(F)c(F)c(S(=O)(=O)O)c(F)c1F. The molecule has 0 spiro atoms. The Hall–Kier alpha value is -1.58. The molecule has 39 heavy (non-hydrogen) atoms. The van der Waals surface area contributed by atoms with E-state index in [-0.39, 0.29) is 11.8 Å². The maximum Gasteiger partial charge on any atom is 0.300 e. The van der Waals surface area contributed by atoms with Crippen LogP contribution in [-0.4, -0.2) is 13.0 Å². The average Bonchev–Trinajstić information content (AvgIpc) is 2.93. The molecule has 0 aliphatic heterocycles. The van der Waals surface area contributed by atoms with E-state index in [4.69, 9.17) is 0 Å². The summed E-state index contributed by atoms with van der Waals surface area (Å²) in [4.78, 5) is -2.30. The Labute approximate surface area is 233 Å². The van der Waals surface area contributed by atoms with Crippen molar-refractivity contribution in [2.45, 2.75) is 130 Å². The van der Waals surface area contributed by atoms with Crippen LogP contribution in [0.15, 0.2) is 26.8 Å². The molecule has 216 valence electrons. The molecule has 0 aromatic heterocycles. The van der Waals surface area contributed by atoms with Crippen molar-refractivity contribution in [3.8, 4) is 0 Å². The summed E-state index contributed by atoms with van der Waals surface area (Å²) in [5, 5.41) is 0. The quantitative estimate of drug-likeness (QED) is 0.180. The average molecular weight is 587 g/mol. The molecule has 2 fully saturated rings. The second-order valence-electron chi connectivity index (χ2n) is 11.1. The standard InChI is InChI=1S/C30H38F4O3S2/c1-3-11-18(4-2)22-16-21(19-12-7-5-8-13-19)17-23(20-14-9-6-10-15-20)28(22)38-29-24(31)26(33)30(39(35,36)37)27(34)25(29)32/h16-20H,3-15H2,1-2H3,(H,35,36,37). The summed E-state index contributed by atoms with van der Waals surface area (Å²) in [5.41, 5.74) is 3.17. The van der Waals surface area contributed by atoms with Crippen LogP contribution in [0.3, 0.4) is 0 Å². The summed E-state index contributed by atoms with van der Waals surface area (Å²) in [6.45, 7) is 4.16. The lowest BCUT2D eigenvalue weighted by Gasteiger charge is -2.31. The van der Waals surface area contributed by atoms with Gasteiger partial charge in [-0.05, 0) is 73.0 Å². The minimum atomic E-state index is -5.51. The van der Waals surface area contributed by atoms with Gasteiger partial charge in [-0.3, -0.25) is 4.55 Å². The van der Waals surface area contributed by atoms with E-state index in [9.17, 15) is 21.8 Å². The van der Waals surface area contributed by atoms with Crippen LogP contribution < -0.4 is 0 Å². The van der Waals surface area contributed by atoms with Crippen molar-refractivity contribution in [3.63, 3.8) is 0 Å². The summed E-state index contributed by atoms with van der Waals surface area (Å²) in [7, 11) is -5.51.